The normalized spacial score (nSPS) is 9.94. The standard InChI is InChI=1S/C13H12N2OS/c1-3-12(16)15(2)13-14-11(9-17-13)10-7-5-4-6-8-10/h3-9H,1H2,2H3. The zero-order valence-electron chi connectivity index (χ0n) is 9.46. The molecule has 0 atom stereocenters. The summed E-state index contributed by atoms with van der Waals surface area (Å²) < 4.78 is 0. The molecule has 1 amide bonds. The minimum Gasteiger partial charge on any atom is -0.288 e. The van der Waals surface area contributed by atoms with E-state index in [2.05, 4.69) is 11.6 Å². The van der Waals surface area contributed by atoms with E-state index in [1.54, 1.807) is 7.05 Å². The monoisotopic (exact) mass is 244 g/mol. The lowest BCUT2D eigenvalue weighted by Gasteiger charge is -2.09. The molecule has 3 nitrogen and oxygen atoms in total. The zero-order chi connectivity index (χ0) is 12.3. The van der Waals surface area contributed by atoms with Gasteiger partial charge in [-0.25, -0.2) is 4.98 Å². The van der Waals surface area contributed by atoms with Crippen molar-refractivity contribution in [3.05, 3.63) is 48.4 Å². The van der Waals surface area contributed by atoms with Crippen LogP contribution in [0.25, 0.3) is 11.3 Å². The first-order chi connectivity index (χ1) is 8.22. The average molecular weight is 244 g/mol. The van der Waals surface area contributed by atoms with Crippen LogP contribution in [0.5, 0.6) is 0 Å². The van der Waals surface area contributed by atoms with Crippen molar-refractivity contribution in [3.8, 4) is 11.3 Å². The number of likely N-dealkylation sites (N-methyl/N-ethyl adjacent to an activating group) is 1. The highest BCUT2D eigenvalue weighted by Gasteiger charge is 2.12. The van der Waals surface area contributed by atoms with Gasteiger partial charge >= 0.3 is 0 Å². The number of benzene rings is 1. The molecule has 2 aromatic rings. The summed E-state index contributed by atoms with van der Waals surface area (Å²) in [6.45, 7) is 3.46. The van der Waals surface area contributed by atoms with E-state index in [0.717, 1.165) is 11.3 Å². The van der Waals surface area contributed by atoms with Gasteiger partial charge in [-0.15, -0.1) is 11.3 Å². The van der Waals surface area contributed by atoms with Gasteiger partial charge in [0.05, 0.1) is 5.69 Å². The summed E-state index contributed by atoms with van der Waals surface area (Å²) in [5, 5.41) is 2.62. The molecule has 0 saturated heterocycles. The van der Waals surface area contributed by atoms with Crippen LogP contribution in [0.4, 0.5) is 5.13 Å². The largest absolute Gasteiger partial charge is 0.288 e. The van der Waals surface area contributed by atoms with Crippen molar-refractivity contribution < 1.29 is 4.79 Å². The second-order valence-corrected chi connectivity index (χ2v) is 4.32. The van der Waals surface area contributed by atoms with Crippen LogP contribution in [-0.4, -0.2) is 17.9 Å². The third kappa shape index (κ3) is 2.42. The summed E-state index contributed by atoms with van der Waals surface area (Å²) in [4.78, 5) is 17.3. The predicted octanol–water partition coefficient (Wildman–Crippen LogP) is 2.96. The second kappa shape index (κ2) is 4.93. The molecule has 0 aliphatic carbocycles. The van der Waals surface area contributed by atoms with E-state index >= 15 is 0 Å². The Bertz CT molecular complexity index is 533. The topological polar surface area (TPSA) is 33.2 Å². The van der Waals surface area contributed by atoms with Crippen LogP contribution in [0.15, 0.2) is 48.4 Å². The molecule has 0 bridgehead atoms. The van der Waals surface area contributed by atoms with Crippen molar-refractivity contribution in [2.45, 2.75) is 0 Å². The number of carbonyl (C=O) groups is 1. The van der Waals surface area contributed by atoms with Gasteiger partial charge in [-0.1, -0.05) is 36.9 Å². The van der Waals surface area contributed by atoms with Crippen molar-refractivity contribution in [2.24, 2.45) is 0 Å². The molecule has 4 heteroatoms. The number of amides is 1. The van der Waals surface area contributed by atoms with Crippen LogP contribution in [-0.2, 0) is 4.79 Å². The summed E-state index contributed by atoms with van der Waals surface area (Å²) in [5.74, 6) is -0.154. The van der Waals surface area contributed by atoms with Crippen molar-refractivity contribution in [1.29, 1.82) is 0 Å². The van der Waals surface area contributed by atoms with Crippen molar-refractivity contribution in [3.63, 3.8) is 0 Å². The molecule has 0 radical (unpaired) electrons. The van der Waals surface area contributed by atoms with E-state index < -0.39 is 0 Å². The van der Waals surface area contributed by atoms with Gasteiger partial charge in [0.15, 0.2) is 5.13 Å². The van der Waals surface area contributed by atoms with E-state index in [-0.39, 0.29) is 5.91 Å². The van der Waals surface area contributed by atoms with Gasteiger partial charge in [-0.05, 0) is 6.08 Å². The molecule has 0 aliphatic heterocycles. The molecule has 0 unspecified atom stereocenters. The fourth-order valence-electron chi connectivity index (χ4n) is 1.39. The molecule has 0 aliphatic rings. The summed E-state index contributed by atoms with van der Waals surface area (Å²) in [6, 6.07) is 9.88. The quantitative estimate of drug-likeness (QED) is 0.778. The minimum absolute atomic E-state index is 0.154. The van der Waals surface area contributed by atoms with Gasteiger partial charge in [0.1, 0.15) is 0 Å². The molecule has 86 valence electrons. The third-order valence-corrected chi connectivity index (χ3v) is 3.27. The Balaban J connectivity index is 2.28. The van der Waals surface area contributed by atoms with Crippen molar-refractivity contribution >= 4 is 22.4 Å². The summed E-state index contributed by atoms with van der Waals surface area (Å²) in [6.07, 6.45) is 1.28. The Hall–Kier alpha value is -1.94. The molecule has 1 aromatic heterocycles. The highest BCUT2D eigenvalue weighted by molar-refractivity contribution is 7.14. The third-order valence-electron chi connectivity index (χ3n) is 2.35. The highest BCUT2D eigenvalue weighted by atomic mass is 32.1. The van der Waals surface area contributed by atoms with E-state index in [4.69, 9.17) is 0 Å². The molecule has 0 N–H and O–H groups in total. The summed E-state index contributed by atoms with van der Waals surface area (Å²) in [5.41, 5.74) is 1.93. The highest BCUT2D eigenvalue weighted by Crippen LogP contribution is 2.26. The Kier molecular flexibility index (Phi) is 3.35. The zero-order valence-corrected chi connectivity index (χ0v) is 10.3. The minimum atomic E-state index is -0.154. The maximum atomic E-state index is 11.4. The number of carbonyl (C=O) groups excluding carboxylic acids is 1. The SMILES string of the molecule is C=CC(=O)N(C)c1nc(-c2ccccc2)cs1. The molecule has 0 spiro atoms. The Morgan fingerprint density at radius 1 is 1.41 bits per heavy atom. The lowest BCUT2D eigenvalue weighted by molar-refractivity contribution is -0.113. The van der Waals surface area contributed by atoms with Gasteiger partial charge in [-0.3, -0.25) is 9.69 Å². The van der Waals surface area contributed by atoms with Crippen LogP contribution in [0.3, 0.4) is 0 Å². The first-order valence-corrected chi connectivity index (χ1v) is 6.01. The van der Waals surface area contributed by atoms with E-state index in [0.29, 0.717) is 5.13 Å². The summed E-state index contributed by atoms with van der Waals surface area (Å²) >= 11 is 1.44. The molecule has 1 aromatic carbocycles. The van der Waals surface area contributed by atoms with Crippen LogP contribution < -0.4 is 4.90 Å². The van der Waals surface area contributed by atoms with Gasteiger partial charge in [0.25, 0.3) is 5.91 Å². The number of anilines is 1. The molecule has 2 rings (SSSR count). The lowest BCUT2D eigenvalue weighted by atomic mass is 10.2. The van der Waals surface area contributed by atoms with Gasteiger partial charge in [0, 0.05) is 18.0 Å². The fraction of sp³-hybridized carbons (Fsp3) is 0.0769. The maximum Gasteiger partial charge on any atom is 0.251 e. The molecular formula is C13H12N2OS. The predicted molar refractivity (Wildman–Crippen MR) is 71.2 cm³/mol. The first kappa shape index (κ1) is 11.5. The molecular weight excluding hydrogens is 232 g/mol. The number of hydrogen-bond acceptors (Lipinski definition) is 3. The van der Waals surface area contributed by atoms with Gasteiger partial charge in [-0.2, -0.15) is 0 Å². The molecule has 0 saturated carbocycles. The van der Waals surface area contributed by atoms with Gasteiger partial charge < -0.3 is 0 Å². The number of nitrogens with zero attached hydrogens (tertiary/aromatic N) is 2. The summed E-state index contributed by atoms with van der Waals surface area (Å²) in [7, 11) is 1.69. The number of rotatable bonds is 3. The van der Waals surface area contributed by atoms with E-state index in [9.17, 15) is 4.79 Å². The second-order valence-electron chi connectivity index (χ2n) is 3.48. The number of hydrogen-bond donors (Lipinski definition) is 0. The number of thiazole rings is 1. The van der Waals surface area contributed by atoms with Crippen LogP contribution in [0.1, 0.15) is 0 Å². The number of aromatic nitrogens is 1. The van der Waals surface area contributed by atoms with Gasteiger partial charge in [0.2, 0.25) is 0 Å². The Labute approximate surface area is 104 Å². The van der Waals surface area contributed by atoms with Crippen LogP contribution >= 0.6 is 11.3 Å². The van der Waals surface area contributed by atoms with Crippen molar-refractivity contribution in [2.75, 3.05) is 11.9 Å². The van der Waals surface area contributed by atoms with Crippen LogP contribution in [0.2, 0.25) is 0 Å². The average Bonchev–Trinajstić information content (AvgIpc) is 2.87. The van der Waals surface area contributed by atoms with E-state index in [1.807, 2.05) is 35.7 Å². The van der Waals surface area contributed by atoms with E-state index in [1.165, 1.54) is 22.3 Å². The lowest BCUT2D eigenvalue weighted by Crippen LogP contribution is -2.23. The Morgan fingerprint density at radius 2 is 2.12 bits per heavy atom. The molecule has 1 heterocycles. The van der Waals surface area contributed by atoms with Crippen LogP contribution in [0, 0.1) is 0 Å². The molecule has 17 heavy (non-hydrogen) atoms. The fourth-order valence-corrected chi connectivity index (χ4v) is 2.20. The Morgan fingerprint density at radius 3 is 2.76 bits per heavy atom. The smallest absolute Gasteiger partial charge is 0.251 e. The first-order valence-electron chi connectivity index (χ1n) is 5.13. The molecule has 0 fully saturated rings. The van der Waals surface area contributed by atoms with Crippen molar-refractivity contribution in [1.82, 2.24) is 4.98 Å². The maximum absolute atomic E-state index is 11.4.